The van der Waals surface area contributed by atoms with Crippen molar-refractivity contribution in [3.8, 4) is 0 Å². The Hall–Kier alpha value is -2.02. The number of methoxy groups -OCH3 is 1. The molecule has 3 N–H and O–H groups in total. The molecule has 0 radical (unpaired) electrons. The van der Waals surface area contributed by atoms with E-state index in [2.05, 4.69) is 4.74 Å². The number of fused-ring (bicyclic) bond motifs is 1. The number of esters is 1. The Labute approximate surface area is 159 Å². The minimum atomic E-state index is -5.95. The first-order valence-corrected chi connectivity index (χ1v) is 8.79. The number of nitrogens with one attached hydrogen (secondary N) is 3. The van der Waals surface area contributed by atoms with Gasteiger partial charge in [-0.25, -0.2) is 4.79 Å². The summed E-state index contributed by atoms with van der Waals surface area (Å²) in [5.41, 5.74) is -4.79. The molecule has 13 heteroatoms. The van der Waals surface area contributed by atoms with E-state index in [-0.39, 0.29) is 12.0 Å². The van der Waals surface area contributed by atoms with E-state index in [4.69, 9.17) is 0 Å². The number of rotatable bonds is 4. The lowest BCUT2D eigenvalue weighted by Gasteiger charge is -2.38. The molecule has 1 aliphatic rings. The van der Waals surface area contributed by atoms with Crippen molar-refractivity contribution >= 4 is 28.2 Å². The number of quaternary nitrogens is 1. The summed E-state index contributed by atoms with van der Waals surface area (Å²) in [7, 11) is 2.78. The van der Waals surface area contributed by atoms with Gasteiger partial charge < -0.3 is 20.3 Å². The molecule has 0 fully saturated rings. The second-order valence-electron chi connectivity index (χ2n) is 6.39. The quantitative estimate of drug-likeness (QED) is 0.382. The van der Waals surface area contributed by atoms with Gasteiger partial charge in [-0.3, -0.25) is 4.79 Å². The van der Waals surface area contributed by atoms with Crippen molar-refractivity contribution in [3.63, 3.8) is 0 Å². The number of ether oxygens (including phenoxy) is 1. The Morgan fingerprint density at radius 3 is 2.18 bits per heavy atom. The van der Waals surface area contributed by atoms with Crippen LogP contribution in [0.1, 0.15) is 27.7 Å². The molecule has 1 aromatic heterocycles. The molecule has 0 aromatic carbocycles. The number of amides is 1. The Bertz CT molecular complexity index is 760. The summed E-state index contributed by atoms with van der Waals surface area (Å²) in [5.74, 6) is -2.60. The predicted octanol–water partition coefficient (Wildman–Crippen LogP) is 1.47. The Kier molecular flexibility index (Phi) is 5.91. The van der Waals surface area contributed by atoms with Crippen LogP contribution in [0.25, 0.3) is 0 Å². The van der Waals surface area contributed by atoms with Crippen LogP contribution in [0, 0.1) is 0 Å². The highest BCUT2D eigenvalue weighted by Crippen LogP contribution is 2.46. The van der Waals surface area contributed by atoms with Crippen LogP contribution in [0.2, 0.25) is 0 Å². The van der Waals surface area contributed by atoms with E-state index in [0.29, 0.717) is 41.8 Å². The van der Waals surface area contributed by atoms with Crippen LogP contribution in [0.3, 0.4) is 0 Å². The van der Waals surface area contributed by atoms with Gasteiger partial charge in [-0.2, -0.15) is 26.3 Å². The fraction of sp³-hybridized carbons (Fsp3) is 0.600. The highest BCUT2D eigenvalue weighted by atomic mass is 32.1. The number of likely N-dealkylation sites (N-methyl/N-ethyl adjacent to an activating group) is 1. The zero-order chi connectivity index (χ0) is 21.5. The number of hydrogen-bond acceptors (Lipinski definition) is 5. The first-order valence-electron chi connectivity index (χ1n) is 7.98. The molecule has 2 heterocycles. The smallest absolute Gasteiger partial charge is 0.439 e. The zero-order valence-corrected chi connectivity index (χ0v) is 15.8. The van der Waals surface area contributed by atoms with Crippen LogP contribution in [-0.2, 0) is 22.5 Å². The van der Waals surface area contributed by atoms with Gasteiger partial charge in [-0.05, 0) is 5.56 Å². The normalized spacial score (nSPS) is 17.7. The molecule has 1 aliphatic heterocycles. The summed E-state index contributed by atoms with van der Waals surface area (Å²) >= 11 is 0.612. The molecular weight excluding hydrogens is 416 g/mol. The van der Waals surface area contributed by atoms with Crippen molar-refractivity contribution in [1.29, 1.82) is 0 Å². The molecule has 0 aliphatic carbocycles. The molecule has 0 saturated carbocycles. The fourth-order valence-corrected chi connectivity index (χ4v) is 4.34. The van der Waals surface area contributed by atoms with Gasteiger partial charge in [-0.1, -0.05) is 0 Å². The Morgan fingerprint density at radius 1 is 1.14 bits per heavy atom. The average molecular weight is 434 g/mol. The maximum atomic E-state index is 13.6. The van der Waals surface area contributed by atoms with Crippen LogP contribution in [0.5, 0.6) is 0 Å². The van der Waals surface area contributed by atoms with E-state index in [1.807, 2.05) is 0 Å². The summed E-state index contributed by atoms with van der Waals surface area (Å²) in [4.78, 5) is 24.8. The second kappa shape index (κ2) is 7.43. The van der Waals surface area contributed by atoms with E-state index in [0.717, 1.165) is 17.3 Å². The first-order chi connectivity index (χ1) is 12.7. The summed E-state index contributed by atoms with van der Waals surface area (Å²) in [5, 5.41) is 1.67. The number of halogens is 6. The second-order valence-corrected chi connectivity index (χ2v) is 7.49. The lowest BCUT2D eigenvalue weighted by atomic mass is 10.0. The number of anilines is 1. The number of hydrogen-bond donors (Lipinski definition) is 3. The van der Waals surface area contributed by atoms with E-state index < -0.39 is 34.9 Å². The van der Waals surface area contributed by atoms with E-state index in [9.17, 15) is 35.9 Å². The van der Waals surface area contributed by atoms with Crippen LogP contribution < -0.4 is 15.5 Å². The van der Waals surface area contributed by atoms with Crippen LogP contribution in [-0.4, -0.2) is 50.6 Å². The van der Waals surface area contributed by atoms with Gasteiger partial charge in [0.25, 0.3) is 0 Å². The first kappa shape index (κ1) is 22.3. The van der Waals surface area contributed by atoms with Gasteiger partial charge in [0.2, 0.25) is 5.91 Å². The fourth-order valence-electron chi connectivity index (χ4n) is 2.94. The third-order valence-electron chi connectivity index (χ3n) is 4.26. The molecular formula is C15H18F6N3O3S+. The molecule has 1 aromatic rings. The molecule has 6 nitrogen and oxygen atoms in total. The maximum Gasteiger partial charge on any atom is 0.439 e. The van der Waals surface area contributed by atoms with Gasteiger partial charge >= 0.3 is 24.0 Å². The van der Waals surface area contributed by atoms with Crippen LogP contribution in [0.15, 0.2) is 0 Å². The molecule has 28 heavy (non-hydrogen) atoms. The number of carbonyl (C=O) groups is 2. The van der Waals surface area contributed by atoms with Gasteiger partial charge in [0.05, 0.1) is 31.1 Å². The maximum absolute atomic E-state index is 13.6. The Balaban J connectivity index is 2.67. The predicted molar refractivity (Wildman–Crippen MR) is 87.1 cm³/mol. The van der Waals surface area contributed by atoms with Gasteiger partial charge in [0.1, 0.15) is 11.5 Å². The summed E-state index contributed by atoms with van der Waals surface area (Å²) in [6, 6.07) is 0. The van der Waals surface area contributed by atoms with Crippen molar-refractivity contribution in [2.45, 2.75) is 37.9 Å². The minimum absolute atomic E-state index is 0.287. The van der Waals surface area contributed by atoms with E-state index in [1.165, 1.54) is 5.32 Å². The van der Waals surface area contributed by atoms with Crippen molar-refractivity contribution < 1.29 is 45.6 Å². The highest BCUT2D eigenvalue weighted by molar-refractivity contribution is 7.16. The Morgan fingerprint density at radius 2 is 1.71 bits per heavy atom. The third-order valence-corrected chi connectivity index (χ3v) is 5.41. The van der Waals surface area contributed by atoms with Crippen molar-refractivity contribution in [2.24, 2.45) is 0 Å². The number of alkyl halides is 6. The molecule has 2 rings (SSSR count). The summed E-state index contributed by atoms with van der Waals surface area (Å²) in [6.45, 7) is 1.41. The third kappa shape index (κ3) is 3.90. The molecule has 0 bridgehead atoms. The topological polar surface area (TPSA) is 71.9 Å². The monoisotopic (exact) mass is 434 g/mol. The molecule has 1 unspecified atom stereocenters. The SMILES string of the molecule is COC(=O)c1c(NC(NC(C)=O)(C(F)(F)F)C(F)(F)F)sc2c1CC[NH+](C)C2. The van der Waals surface area contributed by atoms with E-state index >= 15 is 0 Å². The molecule has 0 spiro atoms. The average Bonchev–Trinajstić information content (AvgIpc) is 2.87. The molecule has 0 saturated heterocycles. The number of carbonyl (C=O) groups excluding carboxylic acids is 2. The van der Waals surface area contributed by atoms with Gasteiger partial charge in [-0.15, -0.1) is 11.3 Å². The summed E-state index contributed by atoms with van der Waals surface area (Å²) in [6.07, 6.45) is -11.6. The lowest BCUT2D eigenvalue weighted by molar-refractivity contribution is -0.895. The van der Waals surface area contributed by atoms with Crippen LogP contribution in [0.4, 0.5) is 31.3 Å². The minimum Gasteiger partial charge on any atom is -0.465 e. The largest absolute Gasteiger partial charge is 0.465 e. The van der Waals surface area contributed by atoms with Crippen molar-refractivity contribution in [2.75, 3.05) is 26.0 Å². The highest BCUT2D eigenvalue weighted by Gasteiger charge is 2.72. The zero-order valence-electron chi connectivity index (χ0n) is 15.0. The number of thiophene rings is 1. The lowest BCUT2D eigenvalue weighted by Crippen LogP contribution is -3.08. The van der Waals surface area contributed by atoms with Crippen LogP contribution >= 0.6 is 11.3 Å². The van der Waals surface area contributed by atoms with Crippen molar-refractivity contribution in [1.82, 2.24) is 5.32 Å². The van der Waals surface area contributed by atoms with Gasteiger partial charge in [0, 0.05) is 13.3 Å². The molecule has 158 valence electrons. The molecule has 1 atom stereocenters. The van der Waals surface area contributed by atoms with Crippen molar-refractivity contribution in [3.05, 3.63) is 16.0 Å². The standard InChI is InChI=1S/C15H17F6N3O3S/c1-7(25)22-13(14(16,17)18,15(19,20)21)23-11-10(12(26)27-3)8-4-5-24(2)6-9(8)28-11/h23H,4-6H2,1-3H3,(H,22,25)/p+1. The summed E-state index contributed by atoms with van der Waals surface area (Å²) < 4.78 is 86.0. The molecule has 1 amide bonds. The van der Waals surface area contributed by atoms with Gasteiger partial charge in [0.15, 0.2) is 0 Å². The van der Waals surface area contributed by atoms with E-state index in [1.54, 1.807) is 7.05 Å².